The van der Waals surface area contributed by atoms with Crippen molar-refractivity contribution in [1.29, 1.82) is 5.26 Å². The number of nitrogens with one attached hydrogen (secondary N) is 1. The normalized spacial score (nSPS) is 9.75. The summed E-state index contributed by atoms with van der Waals surface area (Å²) in [5.41, 5.74) is 0. The van der Waals surface area contributed by atoms with Crippen molar-refractivity contribution in [3.05, 3.63) is 12.3 Å². The van der Waals surface area contributed by atoms with Gasteiger partial charge in [0.1, 0.15) is 0 Å². The van der Waals surface area contributed by atoms with Gasteiger partial charge < -0.3 is 5.32 Å². The molecule has 1 N–H and O–H groups in total. The predicted octanol–water partition coefficient (Wildman–Crippen LogP) is 1.02. The van der Waals surface area contributed by atoms with Gasteiger partial charge in [0.05, 0.1) is 6.07 Å². The first-order chi connectivity index (χ1) is 3.77. The van der Waals surface area contributed by atoms with Crippen LogP contribution in [0, 0.1) is 11.3 Å². The smallest absolute Gasteiger partial charge is 0.0927 e. The van der Waals surface area contributed by atoms with E-state index in [1.54, 1.807) is 6.20 Å². The molecule has 0 aromatic heterocycles. The third kappa shape index (κ3) is 5.03. The van der Waals surface area contributed by atoms with Crippen LogP contribution in [0.2, 0.25) is 0 Å². The fourth-order valence-electron chi connectivity index (χ4n) is 0.278. The van der Waals surface area contributed by atoms with Gasteiger partial charge >= 0.3 is 0 Å². The molecule has 0 aliphatic rings. The first-order valence-corrected chi connectivity index (χ1v) is 2.58. The summed E-state index contributed by atoms with van der Waals surface area (Å²) < 4.78 is 0. The molecule has 2 heteroatoms. The van der Waals surface area contributed by atoms with Crippen LogP contribution >= 0.6 is 0 Å². The minimum absolute atomic E-state index is 0.416. The number of nitrogens with zero attached hydrogens (tertiary/aromatic N) is 1. The van der Waals surface area contributed by atoms with E-state index >= 15 is 0 Å². The van der Waals surface area contributed by atoms with Crippen molar-refractivity contribution in [3.63, 3.8) is 0 Å². The van der Waals surface area contributed by atoms with Crippen LogP contribution in [0.4, 0.5) is 0 Å². The minimum atomic E-state index is 0.416. The molecule has 8 heavy (non-hydrogen) atoms. The maximum Gasteiger partial charge on any atom is 0.0927 e. The lowest BCUT2D eigenvalue weighted by atomic mass is 10.4. The van der Waals surface area contributed by atoms with Crippen molar-refractivity contribution in [1.82, 2.24) is 5.32 Å². The van der Waals surface area contributed by atoms with Crippen LogP contribution in [0.15, 0.2) is 12.3 Å². The summed E-state index contributed by atoms with van der Waals surface area (Å²) >= 11 is 0. The molecule has 0 aromatic rings. The molecular formula is C6H10N2. The fourth-order valence-corrected chi connectivity index (χ4v) is 0.278. The summed E-state index contributed by atoms with van der Waals surface area (Å²) in [4.78, 5) is 0. The largest absolute Gasteiger partial charge is 0.388 e. The highest BCUT2D eigenvalue weighted by Crippen LogP contribution is 1.74. The summed E-state index contributed by atoms with van der Waals surface area (Å²) in [6.45, 7) is 4.03. The number of hydrogen-bond acceptors (Lipinski definition) is 2. The number of hydrogen-bond donors (Lipinski definition) is 1. The van der Waals surface area contributed by atoms with Crippen molar-refractivity contribution < 1.29 is 0 Å². The van der Waals surface area contributed by atoms with Crippen LogP contribution in [0.5, 0.6) is 0 Å². The van der Waals surface area contributed by atoms with E-state index in [4.69, 9.17) is 5.26 Å². The summed E-state index contributed by atoms with van der Waals surface area (Å²) in [5.74, 6) is 0. The fraction of sp³-hybridized carbons (Fsp3) is 0.500. The lowest BCUT2D eigenvalue weighted by Gasteiger charge is -2.00. The standard InChI is InChI=1S/C6H10N2/c1-6(2)8-5-3-4-7/h3,5-6,8H,1-2H3/b5-3+. The van der Waals surface area contributed by atoms with Crippen LogP contribution in [-0.2, 0) is 0 Å². The zero-order valence-corrected chi connectivity index (χ0v) is 5.18. The quantitative estimate of drug-likeness (QED) is 0.539. The van der Waals surface area contributed by atoms with Crippen molar-refractivity contribution in [2.24, 2.45) is 0 Å². The maximum absolute atomic E-state index is 8.00. The molecule has 0 radical (unpaired) electrons. The summed E-state index contributed by atoms with van der Waals surface area (Å²) in [6, 6.07) is 2.30. The van der Waals surface area contributed by atoms with E-state index in [0.717, 1.165) is 0 Å². The van der Waals surface area contributed by atoms with Gasteiger partial charge in [0, 0.05) is 18.3 Å². The monoisotopic (exact) mass is 110 g/mol. The third-order valence-electron chi connectivity index (χ3n) is 0.587. The van der Waals surface area contributed by atoms with Gasteiger partial charge in [-0.3, -0.25) is 0 Å². The van der Waals surface area contributed by atoms with E-state index in [9.17, 15) is 0 Å². The van der Waals surface area contributed by atoms with Crippen molar-refractivity contribution in [2.45, 2.75) is 19.9 Å². The van der Waals surface area contributed by atoms with Gasteiger partial charge in [-0.15, -0.1) is 0 Å². The molecule has 0 saturated heterocycles. The van der Waals surface area contributed by atoms with E-state index in [1.165, 1.54) is 6.08 Å². The van der Waals surface area contributed by atoms with Crippen LogP contribution in [0.25, 0.3) is 0 Å². The number of rotatable bonds is 2. The van der Waals surface area contributed by atoms with Crippen molar-refractivity contribution in [3.8, 4) is 6.07 Å². The van der Waals surface area contributed by atoms with E-state index in [0.29, 0.717) is 6.04 Å². The summed E-state index contributed by atoms with van der Waals surface area (Å²) in [6.07, 6.45) is 3.06. The molecule has 0 spiro atoms. The highest BCUT2D eigenvalue weighted by molar-refractivity contribution is 5.00. The molecule has 0 aromatic carbocycles. The summed E-state index contributed by atoms with van der Waals surface area (Å²) in [5, 5.41) is 10.9. The third-order valence-corrected chi connectivity index (χ3v) is 0.587. The zero-order valence-electron chi connectivity index (χ0n) is 5.18. The van der Waals surface area contributed by atoms with Crippen LogP contribution in [0.1, 0.15) is 13.8 Å². The molecule has 0 heterocycles. The Morgan fingerprint density at radius 3 is 2.62 bits per heavy atom. The van der Waals surface area contributed by atoms with E-state index in [-0.39, 0.29) is 0 Å². The highest BCUT2D eigenvalue weighted by Gasteiger charge is 1.80. The van der Waals surface area contributed by atoms with Crippen LogP contribution in [-0.4, -0.2) is 6.04 Å². The Kier molecular flexibility index (Phi) is 3.69. The molecule has 0 aliphatic heterocycles. The van der Waals surface area contributed by atoms with Gasteiger partial charge in [-0.25, -0.2) is 0 Å². The second-order valence-corrected chi connectivity index (χ2v) is 1.78. The second kappa shape index (κ2) is 4.20. The van der Waals surface area contributed by atoms with E-state index < -0.39 is 0 Å². The van der Waals surface area contributed by atoms with Crippen molar-refractivity contribution in [2.75, 3.05) is 0 Å². The summed E-state index contributed by atoms with van der Waals surface area (Å²) in [7, 11) is 0. The Balaban J connectivity index is 3.19. The molecule has 0 rings (SSSR count). The average molecular weight is 110 g/mol. The molecule has 0 amide bonds. The molecule has 44 valence electrons. The van der Waals surface area contributed by atoms with Crippen molar-refractivity contribution >= 4 is 0 Å². The van der Waals surface area contributed by atoms with E-state index in [2.05, 4.69) is 5.32 Å². The Morgan fingerprint density at radius 1 is 1.62 bits per heavy atom. The topological polar surface area (TPSA) is 35.8 Å². The van der Waals surface area contributed by atoms with Gasteiger partial charge in [0.2, 0.25) is 0 Å². The van der Waals surface area contributed by atoms with Crippen LogP contribution < -0.4 is 5.32 Å². The molecule has 0 aliphatic carbocycles. The highest BCUT2D eigenvalue weighted by atomic mass is 14.9. The zero-order chi connectivity index (χ0) is 6.41. The molecule has 0 unspecified atom stereocenters. The van der Waals surface area contributed by atoms with Gasteiger partial charge in [0.15, 0.2) is 0 Å². The first kappa shape index (κ1) is 7.03. The van der Waals surface area contributed by atoms with Gasteiger partial charge in [-0.2, -0.15) is 5.26 Å². The molecule has 2 nitrogen and oxygen atoms in total. The number of allylic oxidation sites excluding steroid dienone is 1. The molecular weight excluding hydrogens is 100 g/mol. The number of nitriles is 1. The maximum atomic E-state index is 8.00. The minimum Gasteiger partial charge on any atom is -0.388 e. The Labute approximate surface area is 49.8 Å². The molecule has 0 fully saturated rings. The second-order valence-electron chi connectivity index (χ2n) is 1.78. The van der Waals surface area contributed by atoms with Gasteiger partial charge in [0.25, 0.3) is 0 Å². The SMILES string of the molecule is CC(C)N/C=C/C#N. The predicted molar refractivity (Wildman–Crippen MR) is 33.0 cm³/mol. The lowest BCUT2D eigenvalue weighted by molar-refractivity contribution is 0.703. The van der Waals surface area contributed by atoms with E-state index in [1.807, 2.05) is 19.9 Å². The van der Waals surface area contributed by atoms with Gasteiger partial charge in [-0.1, -0.05) is 0 Å². The molecule has 0 saturated carbocycles. The molecule has 0 atom stereocenters. The van der Waals surface area contributed by atoms with Crippen LogP contribution in [0.3, 0.4) is 0 Å². The Morgan fingerprint density at radius 2 is 2.25 bits per heavy atom. The first-order valence-electron chi connectivity index (χ1n) is 2.58. The van der Waals surface area contributed by atoms with Gasteiger partial charge in [-0.05, 0) is 13.8 Å². The average Bonchev–Trinajstić information content (AvgIpc) is 1.66. The molecule has 0 bridgehead atoms. The Bertz CT molecular complexity index is 108. The Hall–Kier alpha value is -0.970. The lowest BCUT2D eigenvalue weighted by Crippen LogP contribution is -2.14.